The van der Waals surface area contributed by atoms with Gasteiger partial charge < -0.3 is 14.2 Å². The maximum Gasteiger partial charge on any atom is 0.279 e. The molecule has 0 aliphatic heterocycles. The first-order valence-corrected chi connectivity index (χ1v) is 4.48. The molecule has 0 N–H and O–H groups in total. The van der Waals surface area contributed by atoms with Crippen molar-refractivity contribution in [3.05, 3.63) is 35.9 Å². The summed E-state index contributed by atoms with van der Waals surface area (Å²) in [5.41, 5.74) is 1.09. The van der Waals surface area contributed by atoms with E-state index in [1.807, 2.05) is 30.3 Å². The standard InChI is InChI=1S/C11H16O3/c1-11(12-2,13-3)14-9-10-7-5-4-6-8-10/h4-8H,9H2,1-3H3. The Morgan fingerprint density at radius 3 is 2.14 bits per heavy atom. The molecule has 0 fully saturated rings. The number of hydrogen-bond donors (Lipinski definition) is 0. The Morgan fingerprint density at radius 1 is 1.07 bits per heavy atom. The first-order valence-electron chi connectivity index (χ1n) is 4.48. The molecule has 1 aromatic rings. The van der Waals surface area contributed by atoms with Crippen LogP contribution >= 0.6 is 0 Å². The number of ether oxygens (including phenoxy) is 3. The van der Waals surface area contributed by atoms with Crippen LogP contribution in [0, 0.1) is 0 Å². The predicted octanol–water partition coefficient (Wildman–Crippen LogP) is 2.17. The van der Waals surface area contributed by atoms with Crippen molar-refractivity contribution in [1.29, 1.82) is 0 Å². The molecule has 78 valence electrons. The number of rotatable bonds is 5. The van der Waals surface area contributed by atoms with E-state index in [1.54, 1.807) is 21.1 Å². The van der Waals surface area contributed by atoms with Crippen molar-refractivity contribution in [2.45, 2.75) is 19.5 Å². The maximum absolute atomic E-state index is 5.47. The van der Waals surface area contributed by atoms with Gasteiger partial charge in [0.2, 0.25) is 0 Å². The van der Waals surface area contributed by atoms with Crippen LogP contribution in [0.3, 0.4) is 0 Å². The Bertz CT molecular complexity index is 254. The molecule has 1 rings (SSSR count). The molecule has 0 aliphatic carbocycles. The fourth-order valence-electron chi connectivity index (χ4n) is 0.990. The van der Waals surface area contributed by atoms with Crippen molar-refractivity contribution in [1.82, 2.24) is 0 Å². The third-order valence-electron chi connectivity index (χ3n) is 2.09. The average Bonchev–Trinajstić information content (AvgIpc) is 2.27. The summed E-state index contributed by atoms with van der Waals surface area (Å²) < 4.78 is 15.6. The van der Waals surface area contributed by atoms with Crippen LogP contribution in [0.4, 0.5) is 0 Å². The lowest BCUT2D eigenvalue weighted by Crippen LogP contribution is -2.32. The van der Waals surface area contributed by atoms with E-state index in [9.17, 15) is 0 Å². The predicted molar refractivity (Wildman–Crippen MR) is 53.7 cm³/mol. The lowest BCUT2D eigenvalue weighted by Gasteiger charge is -2.25. The van der Waals surface area contributed by atoms with Crippen LogP contribution < -0.4 is 0 Å². The molecule has 3 nitrogen and oxygen atoms in total. The summed E-state index contributed by atoms with van der Waals surface area (Å²) >= 11 is 0. The summed E-state index contributed by atoms with van der Waals surface area (Å²) in [4.78, 5) is 0. The van der Waals surface area contributed by atoms with Crippen LogP contribution in [-0.2, 0) is 20.8 Å². The fourth-order valence-corrected chi connectivity index (χ4v) is 0.990. The van der Waals surface area contributed by atoms with Gasteiger partial charge in [-0.15, -0.1) is 0 Å². The van der Waals surface area contributed by atoms with Crippen LogP contribution in [0.5, 0.6) is 0 Å². The van der Waals surface area contributed by atoms with Gasteiger partial charge in [0.15, 0.2) is 0 Å². The van der Waals surface area contributed by atoms with Gasteiger partial charge in [0.1, 0.15) is 0 Å². The van der Waals surface area contributed by atoms with Crippen molar-refractivity contribution < 1.29 is 14.2 Å². The first-order chi connectivity index (χ1) is 6.70. The molecular weight excluding hydrogens is 180 g/mol. The molecule has 3 heteroatoms. The summed E-state index contributed by atoms with van der Waals surface area (Å²) in [6.45, 7) is 2.20. The molecule has 0 aromatic heterocycles. The minimum atomic E-state index is -0.962. The minimum Gasteiger partial charge on any atom is -0.331 e. The molecule has 0 saturated heterocycles. The van der Waals surface area contributed by atoms with Crippen molar-refractivity contribution in [2.75, 3.05) is 14.2 Å². The van der Waals surface area contributed by atoms with E-state index in [0.29, 0.717) is 6.61 Å². The zero-order chi connectivity index (χ0) is 10.4. The van der Waals surface area contributed by atoms with Gasteiger partial charge in [-0.2, -0.15) is 0 Å². The van der Waals surface area contributed by atoms with Gasteiger partial charge in [0, 0.05) is 21.1 Å². The highest BCUT2D eigenvalue weighted by Gasteiger charge is 2.23. The van der Waals surface area contributed by atoms with E-state index >= 15 is 0 Å². The molecule has 0 spiro atoms. The Labute approximate surface area is 84.6 Å². The zero-order valence-electron chi connectivity index (χ0n) is 8.82. The molecule has 1 aromatic carbocycles. The second kappa shape index (κ2) is 5.10. The van der Waals surface area contributed by atoms with Crippen LogP contribution in [0.1, 0.15) is 12.5 Å². The SMILES string of the molecule is COC(C)(OC)OCc1ccccc1. The van der Waals surface area contributed by atoms with E-state index in [2.05, 4.69) is 0 Å². The molecule has 0 saturated carbocycles. The topological polar surface area (TPSA) is 27.7 Å². The summed E-state index contributed by atoms with van der Waals surface area (Å²) in [6.07, 6.45) is 0. The average molecular weight is 196 g/mol. The van der Waals surface area contributed by atoms with Crippen molar-refractivity contribution >= 4 is 0 Å². The Hall–Kier alpha value is -0.900. The monoisotopic (exact) mass is 196 g/mol. The lowest BCUT2D eigenvalue weighted by molar-refractivity contribution is -0.355. The quantitative estimate of drug-likeness (QED) is 0.675. The van der Waals surface area contributed by atoms with Gasteiger partial charge in [-0.05, 0) is 5.56 Å². The van der Waals surface area contributed by atoms with Crippen LogP contribution in [0.2, 0.25) is 0 Å². The second-order valence-electron chi connectivity index (χ2n) is 3.04. The molecule has 14 heavy (non-hydrogen) atoms. The van der Waals surface area contributed by atoms with Crippen molar-refractivity contribution in [2.24, 2.45) is 0 Å². The number of benzene rings is 1. The fraction of sp³-hybridized carbons (Fsp3) is 0.455. The van der Waals surface area contributed by atoms with Gasteiger partial charge in [0.25, 0.3) is 5.97 Å². The van der Waals surface area contributed by atoms with E-state index in [1.165, 1.54) is 0 Å². The smallest absolute Gasteiger partial charge is 0.279 e. The highest BCUT2D eigenvalue weighted by atomic mass is 16.9. The summed E-state index contributed by atoms with van der Waals surface area (Å²) in [7, 11) is 3.10. The second-order valence-corrected chi connectivity index (χ2v) is 3.04. The first kappa shape index (κ1) is 11.2. The van der Waals surface area contributed by atoms with Crippen LogP contribution in [0.15, 0.2) is 30.3 Å². The third-order valence-corrected chi connectivity index (χ3v) is 2.09. The number of methoxy groups -OCH3 is 2. The Morgan fingerprint density at radius 2 is 1.64 bits per heavy atom. The molecule has 0 unspecified atom stereocenters. The van der Waals surface area contributed by atoms with Crippen molar-refractivity contribution in [3.63, 3.8) is 0 Å². The van der Waals surface area contributed by atoms with E-state index in [4.69, 9.17) is 14.2 Å². The Balaban J connectivity index is 2.48. The molecule has 0 aliphatic rings. The highest BCUT2D eigenvalue weighted by molar-refractivity contribution is 5.13. The summed E-state index contributed by atoms with van der Waals surface area (Å²) in [6, 6.07) is 9.89. The van der Waals surface area contributed by atoms with Gasteiger partial charge in [-0.3, -0.25) is 0 Å². The van der Waals surface area contributed by atoms with E-state index < -0.39 is 5.97 Å². The van der Waals surface area contributed by atoms with Gasteiger partial charge in [0.05, 0.1) is 6.61 Å². The largest absolute Gasteiger partial charge is 0.331 e. The van der Waals surface area contributed by atoms with E-state index in [-0.39, 0.29) is 0 Å². The Kier molecular flexibility index (Phi) is 4.07. The molecule has 0 bridgehead atoms. The summed E-state index contributed by atoms with van der Waals surface area (Å²) in [5, 5.41) is 0. The van der Waals surface area contributed by atoms with E-state index in [0.717, 1.165) is 5.56 Å². The molecule has 0 atom stereocenters. The lowest BCUT2D eigenvalue weighted by atomic mass is 10.2. The minimum absolute atomic E-state index is 0.471. The molecular formula is C11H16O3. The third kappa shape index (κ3) is 3.10. The normalized spacial score (nSPS) is 11.6. The molecule has 0 amide bonds. The molecule has 0 radical (unpaired) electrons. The van der Waals surface area contributed by atoms with Gasteiger partial charge in [-0.1, -0.05) is 30.3 Å². The van der Waals surface area contributed by atoms with Gasteiger partial charge in [-0.25, -0.2) is 0 Å². The molecule has 0 heterocycles. The van der Waals surface area contributed by atoms with Crippen LogP contribution in [-0.4, -0.2) is 20.2 Å². The van der Waals surface area contributed by atoms with Crippen molar-refractivity contribution in [3.8, 4) is 0 Å². The van der Waals surface area contributed by atoms with Crippen LogP contribution in [0.25, 0.3) is 0 Å². The maximum atomic E-state index is 5.47. The highest BCUT2D eigenvalue weighted by Crippen LogP contribution is 2.14. The zero-order valence-corrected chi connectivity index (χ0v) is 8.82. The number of hydrogen-bond acceptors (Lipinski definition) is 3. The van der Waals surface area contributed by atoms with Gasteiger partial charge >= 0.3 is 0 Å². The summed E-state index contributed by atoms with van der Waals surface area (Å²) in [5.74, 6) is -0.962.